The van der Waals surface area contributed by atoms with Crippen molar-refractivity contribution in [2.45, 2.75) is 38.9 Å². The predicted molar refractivity (Wildman–Crippen MR) is 103 cm³/mol. The first kappa shape index (κ1) is 20.9. The monoisotopic (exact) mass is 411 g/mol. The Bertz CT molecular complexity index is 875. The number of rotatable bonds is 8. The fourth-order valence-corrected chi connectivity index (χ4v) is 4.37. The molecular weight excluding hydrogens is 390 g/mol. The van der Waals surface area contributed by atoms with E-state index in [2.05, 4.69) is 15.5 Å². The first-order valence-corrected chi connectivity index (χ1v) is 10.00. The van der Waals surface area contributed by atoms with Gasteiger partial charge < -0.3 is 20.4 Å². The van der Waals surface area contributed by atoms with Gasteiger partial charge in [0, 0.05) is 13.0 Å². The van der Waals surface area contributed by atoms with Crippen LogP contribution in [-0.4, -0.2) is 45.4 Å². The van der Waals surface area contributed by atoms with Gasteiger partial charge >= 0.3 is 5.97 Å². The van der Waals surface area contributed by atoms with Crippen molar-refractivity contribution in [2.24, 2.45) is 5.73 Å². The summed E-state index contributed by atoms with van der Waals surface area (Å²) in [6.07, 6.45) is 0.750. The molecule has 2 heterocycles. The summed E-state index contributed by atoms with van der Waals surface area (Å²) in [5.74, 6) is -0.719. The summed E-state index contributed by atoms with van der Waals surface area (Å²) < 4.78 is 6.69. The normalized spacial score (nSPS) is 10.7. The van der Waals surface area contributed by atoms with Crippen LogP contribution in [0.3, 0.4) is 0 Å². The number of nitrogens with zero attached hydrogens (tertiary/aromatic N) is 3. The molecule has 0 aliphatic rings. The van der Waals surface area contributed by atoms with E-state index in [4.69, 9.17) is 10.5 Å². The zero-order valence-corrected chi connectivity index (χ0v) is 17.1. The van der Waals surface area contributed by atoms with Crippen LogP contribution in [0.2, 0.25) is 0 Å². The number of anilines is 1. The Hall–Kier alpha value is -2.40. The summed E-state index contributed by atoms with van der Waals surface area (Å²) >= 11 is 2.20. The maximum Gasteiger partial charge on any atom is 0.341 e. The molecule has 0 saturated carbocycles. The highest BCUT2D eigenvalue weighted by atomic mass is 32.2. The highest BCUT2D eigenvalue weighted by Crippen LogP contribution is 2.33. The van der Waals surface area contributed by atoms with Gasteiger partial charge in [-0.25, -0.2) is 4.79 Å². The fraction of sp³-hybridized carbons (Fsp3) is 0.438. The second-order valence-corrected chi connectivity index (χ2v) is 7.41. The third-order valence-corrected chi connectivity index (χ3v) is 5.96. The molecule has 0 bridgehead atoms. The van der Waals surface area contributed by atoms with E-state index in [0.29, 0.717) is 17.3 Å². The van der Waals surface area contributed by atoms with E-state index in [9.17, 15) is 14.4 Å². The number of aryl methyl sites for hydroxylation is 1. The van der Waals surface area contributed by atoms with Crippen LogP contribution >= 0.6 is 23.1 Å². The lowest BCUT2D eigenvalue weighted by molar-refractivity contribution is -0.113. The van der Waals surface area contributed by atoms with E-state index in [0.717, 1.165) is 23.6 Å². The number of amides is 2. The predicted octanol–water partition coefficient (Wildman–Crippen LogP) is 1.85. The highest BCUT2D eigenvalue weighted by molar-refractivity contribution is 7.99. The van der Waals surface area contributed by atoms with E-state index in [1.165, 1.54) is 18.9 Å². The molecular formula is C16H21N5O4S2. The Labute approximate surface area is 164 Å². The maximum atomic E-state index is 12.4. The molecule has 2 amide bonds. The van der Waals surface area contributed by atoms with E-state index >= 15 is 0 Å². The number of hydrogen-bond acceptors (Lipinski definition) is 8. The van der Waals surface area contributed by atoms with Crippen LogP contribution in [0.25, 0.3) is 0 Å². The summed E-state index contributed by atoms with van der Waals surface area (Å²) in [6, 6.07) is 0. The summed E-state index contributed by atoms with van der Waals surface area (Å²) in [5, 5.41) is 11.8. The number of carbonyl (C=O) groups excluding carboxylic acids is 3. The van der Waals surface area contributed by atoms with Crippen molar-refractivity contribution in [2.75, 3.05) is 18.2 Å². The molecule has 0 saturated heterocycles. The Balaban J connectivity index is 2.16. The van der Waals surface area contributed by atoms with Gasteiger partial charge in [-0.1, -0.05) is 18.7 Å². The van der Waals surface area contributed by atoms with Gasteiger partial charge in [0.15, 0.2) is 5.16 Å². The van der Waals surface area contributed by atoms with Crippen LogP contribution in [0.1, 0.15) is 45.3 Å². The summed E-state index contributed by atoms with van der Waals surface area (Å²) in [6.45, 7) is 6.26. The number of hydrogen-bond donors (Lipinski definition) is 2. The lowest BCUT2D eigenvalue weighted by Crippen LogP contribution is -2.16. The minimum atomic E-state index is -0.666. The molecule has 9 nitrogen and oxygen atoms in total. The number of aromatic nitrogens is 3. The van der Waals surface area contributed by atoms with Crippen LogP contribution in [0, 0.1) is 6.92 Å². The molecule has 2 rings (SSSR count). The summed E-state index contributed by atoms with van der Waals surface area (Å²) in [5.41, 5.74) is 5.86. The minimum Gasteiger partial charge on any atom is -0.465 e. The largest absolute Gasteiger partial charge is 0.465 e. The number of primary amides is 1. The first-order valence-electron chi connectivity index (χ1n) is 8.20. The van der Waals surface area contributed by atoms with Crippen LogP contribution in [0.15, 0.2) is 5.16 Å². The third-order valence-electron chi connectivity index (χ3n) is 3.77. The standard InChI is InChI=1S/C16H21N5O4S2/c1-5-9-19-20-16(21(9)6-2)26-7-10(22)18-14-11(15(24)25-4)8(3)12(27-14)13(17)23/h5-7H2,1-4H3,(H2,17,23)(H,18,22). The number of ether oxygens (including phenoxy) is 1. The van der Waals surface area contributed by atoms with E-state index in [1.807, 2.05) is 18.4 Å². The fourth-order valence-electron chi connectivity index (χ4n) is 2.48. The molecule has 146 valence electrons. The molecule has 0 aliphatic heterocycles. The minimum absolute atomic E-state index is 0.0747. The average Bonchev–Trinajstić information content (AvgIpc) is 3.19. The van der Waals surface area contributed by atoms with Gasteiger partial charge in [-0.3, -0.25) is 9.59 Å². The van der Waals surface area contributed by atoms with Crippen LogP contribution < -0.4 is 11.1 Å². The molecule has 0 fully saturated rings. The van der Waals surface area contributed by atoms with Crippen LogP contribution in [0.4, 0.5) is 5.00 Å². The molecule has 2 aromatic rings. The topological polar surface area (TPSA) is 129 Å². The van der Waals surface area contributed by atoms with Crippen molar-refractivity contribution < 1.29 is 19.1 Å². The number of nitrogens with two attached hydrogens (primary N) is 1. The molecule has 0 spiro atoms. The van der Waals surface area contributed by atoms with Crippen molar-refractivity contribution in [3.63, 3.8) is 0 Å². The van der Waals surface area contributed by atoms with Gasteiger partial charge in [-0.15, -0.1) is 21.5 Å². The van der Waals surface area contributed by atoms with E-state index < -0.39 is 11.9 Å². The van der Waals surface area contributed by atoms with Crippen molar-refractivity contribution in [3.05, 3.63) is 21.8 Å². The van der Waals surface area contributed by atoms with Gasteiger partial charge in [0.2, 0.25) is 5.91 Å². The smallest absolute Gasteiger partial charge is 0.341 e. The van der Waals surface area contributed by atoms with Crippen molar-refractivity contribution in [3.8, 4) is 0 Å². The second-order valence-electron chi connectivity index (χ2n) is 5.45. The zero-order valence-electron chi connectivity index (χ0n) is 15.5. The molecule has 11 heteroatoms. The number of thioether (sulfide) groups is 1. The van der Waals surface area contributed by atoms with Gasteiger partial charge in [0.25, 0.3) is 5.91 Å². The lowest BCUT2D eigenvalue weighted by atomic mass is 10.1. The molecule has 0 radical (unpaired) electrons. The van der Waals surface area contributed by atoms with Crippen molar-refractivity contribution in [1.82, 2.24) is 14.8 Å². The van der Waals surface area contributed by atoms with Gasteiger partial charge in [-0.05, 0) is 19.4 Å². The number of methoxy groups -OCH3 is 1. The Morgan fingerprint density at radius 1 is 1.30 bits per heavy atom. The molecule has 3 N–H and O–H groups in total. The second kappa shape index (κ2) is 9.00. The Morgan fingerprint density at radius 2 is 2.00 bits per heavy atom. The molecule has 0 aliphatic carbocycles. The first-order chi connectivity index (χ1) is 12.8. The van der Waals surface area contributed by atoms with Crippen LogP contribution in [0.5, 0.6) is 0 Å². The summed E-state index contributed by atoms with van der Waals surface area (Å²) in [7, 11) is 1.23. The molecule has 27 heavy (non-hydrogen) atoms. The number of nitrogens with one attached hydrogen (secondary N) is 1. The lowest BCUT2D eigenvalue weighted by Gasteiger charge is -2.07. The quantitative estimate of drug-likeness (QED) is 0.501. The summed E-state index contributed by atoms with van der Waals surface area (Å²) in [4.78, 5) is 36.1. The SMILES string of the molecule is CCc1nnc(SCC(=O)Nc2sc(C(N)=O)c(C)c2C(=O)OC)n1CC. The number of carbonyl (C=O) groups is 3. The van der Waals surface area contributed by atoms with Crippen molar-refractivity contribution in [1.29, 1.82) is 0 Å². The highest BCUT2D eigenvalue weighted by Gasteiger charge is 2.25. The third kappa shape index (κ3) is 4.48. The number of thiophene rings is 1. The van der Waals surface area contributed by atoms with Crippen LogP contribution in [-0.2, 0) is 22.5 Å². The average molecular weight is 412 g/mol. The van der Waals surface area contributed by atoms with E-state index in [-0.39, 0.29) is 27.1 Å². The molecule has 0 atom stereocenters. The van der Waals surface area contributed by atoms with Crippen molar-refractivity contribution >= 4 is 45.9 Å². The molecule has 0 aromatic carbocycles. The van der Waals surface area contributed by atoms with E-state index in [1.54, 1.807) is 6.92 Å². The maximum absolute atomic E-state index is 12.4. The zero-order chi connectivity index (χ0) is 20.1. The van der Waals surface area contributed by atoms with Gasteiger partial charge in [-0.2, -0.15) is 0 Å². The van der Waals surface area contributed by atoms with Gasteiger partial charge in [0.05, 0.1) is 23.3 Å². The molecule has 2 aromatic heterocycles. The number of esters is 1. The molecule has 0 unspecified atom stereocenters. The van der Waals surface area contributed by atoms with Gasteiger partial charge in [0.1, 0.15) is 10.8 Å². The Kier molecular flexibility index (Phi) is 6.97. The Morgan fingerprint density at radius 3 is 2.56 bits per heavy atom.